The van der Waals surface area contributed by atoms with Crippen molar-refractivity contribution < 1.29 is 19.0 Å². The Balaban J connectivity index is 1.41. The lowest BCUT2D eigenvalue weighted by molar-refractivity contribution is 0.00462. The van der Waals surface area contributed by atoms with Crippen LogP contribution in [-0.4, -0.2) is 60.2 Å². The Labute approximate surface area is 157 Å². The maximum absolute atomic E-state index is 11.7. The second kappa shape index (κ2) is 7.89. The summed E-state index contributed by atoms with van der Waals surface area (Å²) in [6.45, 7) is 3.10. The van der Waals surface area contributed by atoms with E-state index in [0.717, 1.165) is 11.3 Å². The Hall–Kier alpha value is -2.71. The molecule has 1 aromatic heterocycles. The molecule has 2 saturated heterocycles. The van der Waals surface area contributed by atoms with Gasteiger partial charge in [0.2, 0.25) is 5.95 Å². The number of hydrogen-bond donors (Lipinski definition) is 2. The van der Waals surface area contributed by atoms with Gasteiger partial charge >= 0.3 is 6.09 Å². The molecule has 4 rings (SSSR count). The number of nitrogens with zero attached hydrogens (tertiary/aromatic N) is 2. The van der Waals surface area contributed by atoms with Gasteiger partial charge in [-0.1, -0.05) is 30.3 Å². The van der Waals surface area contributed by atoms with Crippen LogP contribution in [0.3, 0.4) is 0 Å². The monoisotopic (exact) mass is 370 g/mol. The molecule has 4 atom stereocenters. The number of hydrogen-bond acceptors (Lipinski definition) is 7. The van der Waals surface area contributed by atoms with Gasteiger partial charge in [-0.2, -0.15) is 0 Å². The summed E-state index contributed by atoms with van der Waals surface area (Å²) in [5.74, 6) is 0.516. The van der Waals surface area contributed by atoms with Crippen LogP contribution in [0.1, 0.15) is 6.92 Å². The molecule has 0 aliphatic carbocycles. The van der Waals surface area contributed by atoms with Crippen molar-refractivity contribution in [2.45, 2.75) is 31.3 Å². The molecule has 3 heterocycles. The molecule has 2 aliphatic rings. The van der Waals surface area contributed by atoms with E-state index in [0.29, 0.717) is 25.7 Å². The van der Waals surface area contributed by atoms with Crippen LogP contribution in [0.4, 0.5) is 10.7 Å². The van der Waals surface area contributed by atoms with Gasteiger partial charge in [-0.05, 0) is 13.0 Å². The van der Waals surface area contributed by atoms with Crippen molar-refractivity contribution in [2.24, 2.45) is 0 Å². The highest BCUT2D eigenvalue weighted by molar-refractivity contribution is 5.67. The zero-order chi connectivity index (χ0) is 18.6. The number of benzene rings is 1. The summed E-state index contributed by atoms with van der Waals surface area (Å²) in [4.78, 5) is 20.5. The van der Waals surface area contributed by atoms with Crippen LogP contribution < -0.4 is 10.6 Å². The number of carbonyl (C=O) groups excluding carboxylic acids is 1. The fraction of sp³-hybridized carbons (Fsp3) is 0.421. The predicted molar refractivity (Wildman–Crippen MR) is 98.3 cm³/mol. The van der Waals surface area contributed by atoms with Gasteiger partial charge in [-0.25, -0.2) is 14.8 Å². The third kappa shape index (κ3) is 3.86. The molecule has 1 aromatic carbocycles. The first-order valence-corrected chi connectivity index (χ1v) is 9.07. The molecule has 0 radical (unpaired) electrons. The third-order valence-electron chi connectivity index (χ3n) is 4.63. The Morgan fingerprint density at radius 3 is 2.81 bits per heavy atom. The second-order valence-corrected chi connectivity index (χ2v) is 6.45. The van der Waals surface area contributed by atoms with Crippen LogP contribution in [0.25, 0.3) is 11.3 Å². The van der Waals surface area contributed by atoms with Crippen LogP contribution in [-0.2, 0) is 14.2 Å². The minimum Gasteiger partial charge on any atom is -0.441 e. The van der Waals surface area contributed by atoms with Gasteiger partial charge in [0.15, 0.2) is 6.10 Å². The number of aromatic nitrogens is 2. The lowest BCUT2D eigenvalue weighted by atomic mass is 10.1. The summed E-state index contributed by atoms with van der Waals surface area (Å²) in [6.07, 6.45) is 0.355. The van der Waals surface area contributed by atoms with Gasteiger partial charge in [-0.3, -0.25) is 0 Å². The van der Waals surface area contributed by atoms with Crippen molar-refractivity contribution in [1.82, 2.24) is 15.3 Å². The van der Waals surface area contributed by atoms with Gasteiger partial charge in [0.05, 0.1) is 24.9 Å². The van der Waals surface area contributed by atoms with E-state index in [1.165, 1.54) is 0 Å². The standard InChI is InChI=1S/C19H22N4O4/c1-2-20-19(24)27-15-11-26-16-14(10-25-17(15)16)23-18-21-9-8-13(22-18)12-6-4-3-5-7-12/h3-9,14-17H,2,10-11H2,1H3,(H,20,24)(H,21,22,23)/t14-,15+,16+,17+/m0/s1. The highest BCUT2D eigenvalue weighted by Crippen LogP contribution is 2.30. The summed E-state index contributed by atoms with van der Waals surface area (Å²) < 4.78 is 17.0. The SMILES string of the molecule is CCNC(=O)O[C@@H]1CO[C@H]2[C@@H]1OC[C@@H]2Nc1nccc(-c2ccccc2)n1. The molecule has 8 heteroatoms. The summed E-state index contributed by atoms with van der Waals surface area (Å²) >= 11 is 0. The Morgan fingerprint density at radius 2 is 2.00 bits per heavy atom. The third-order valence-corrected chi connectivity index (χ3v) is 4.63. The molecule has 142 valence electrons. The maximum Gasteiger partial charge on any atom is 0.407 e. The molecule has 0 saturated carbocycles. The van der Waals surface area contributed by atoms with Crippen LogP contribution in [0.15, 0.2) is 42.6 Å². The zero-order valence-corrected chi connectivity index (χ0v) is 15.0. The van der Waals surface area contributed by atoms with E-state index in [9.17, 15) is 4.79 Å². The van der Waals surface area contributed by atoms with E-state index in [-0.39, 0.29) is 18.2 Å². The number of nitrogens with one attached hydrogen (secondary N) is 2. The molecule has 2 N–H and O–H groups in total. The van der Waals surface area contributed by atoms with Gasteiger partial charge < -0.3 is 24.8 Å². The molecule has 2 fully saturated rings. The summed E-state index contributed by atoms with van der Waals surface area (Å²) in [5, 5.41) is 5.91. The van der Waals surface area contributed by atoms with Crippen molar-refractivity contribution in [3.05, 3.63) is 42.6 Å². The Kier molecular flexibility index (Phi) is 5.17. The smallest absolute Gasteiger partial charge is 0.407 e. The number of fused-ring (bicyclic) bond motifs is 1. The molecule has 0 unspecified atom stereocenters. The van der Waals surface area contributed by atoms with E-state index in [1.807, 2.05) is 43.3 Å². The molecule has 2 aliphatic heterocycles. The van der Waals surface area contributed by atoms with E-state index in [4.69, 9.17) is 14.2 Å². The average molecular weight is 370 g/mol. The van der Waals surface area contributed by atoms with Gasteiger partial charge in [0, 0.05) is 18.3 Å². The first kappa shape index (κ1) is 17.7. The molecule has 8 nitrogen and oxygen atoms in total. The first-order chi connectivity index (χ1) is 13.2. The van der Waals surface area contributed by atoms with Gasteiger partial charge in [0.25, 0.3) is 0 Å². The van der Waals surface area contributed by atoms with Crippen LogP contribution >= 0.6 is 0 Å². The van der Waals surface area contributed by atoms with E-state index in [1.54, 1.807) is 6.20 Å². The van der Waals surface area contributed by atoms with Crippen molar-refractivity contribution in [2.75, 3.05) is 25.1 Å². The number of amides is 1. The number of rotatable bonds is 5. The lowest BCUT2D eigenvalue weighted by Gasteiger charge is -2.18. The van der Waals surface area contributed by atoms with Crippen molar-refractivity contribution >= 4 is 12.0 Å². The fourth-order valence-corrected chi connectivity index (χ4v) is 3.38. The van der Waals surface area contributed by atoms with Crippen molar-refractivity contribution in [3.8, 4) is 11.3 Å². The average Bonchev–Trinajstić information content (AvgIpc) is 3.27. The number of anilines is 1. The Bertz CT molecular complexity index is 788. The first-order valence-electron chi connectivity index (χ1n) is 9.07. The predicted octanol–water partition coefficient (Wildman–Crippen LogP) is 1.84. The normalized spacial score (nSPS) is 26.4. The van der Waals surface area contributed by atoms with Crippen LogP contribution in [0, 0.1) is 0 Å². The van der Waals surface area contributed by atoms with E-state index >= 15 is 0 Å². The number of ether oxygens (including phenoxy) is 3. The largest absolute Gasteiger partial charge is 0.441 e. The Morgan fingerprint density at radius 1 is 1.19 bits per heavy atom. The molecule has 27 heavy (non-hydrogen) atoms. The molecule has 0 bridgehead atoms. The number of carbonyl (C=O) groups is 1. The molecular formula is C19H22N4O4. The topological polar surface area (TPSA) is 94.6 Å². The second-order valence-electron chi connectivity index (χ2n) is 6.45. The number of alkyl carbamates (subject to hydrolysis) is 1. The summed E-state index contributed by atoms with van der Waals surface area (Å²) in [5.41, 5.74) is 1.87. The minimum atomic E-state index is -0.453. The summed E-state index contributed by atoms with van der Waals surface area (Å²) in [6, 6.07) is 11.7. The fourth-order valence-electron chi connectivity index (χ4n) is 3.38. The maximum atomic E-state index is 11.7. The molecular weight excluding hydrogens is 348 g/mol. The van der Waals surface area contributed by atoms with Gasteiger partial charge in [0.1, 0.15) is 12.2 Å². The van der Waals surface area contributed by atoms with Crippen molar-refractivity contribution in [3.63, 3.8) is 0 Å². The lowest BCUT2D eigenvalue weighted by Crippen LogP contribution is -2.39. The van der Waals surface area contributed by atoms with Gasteiger partial charge in [-0.15, -0.1) is 0 Å². The van der Waals surface area contributed by atoms with Crippen LogP contribution in [0.5, 0.6) is 0 Å². The van der Waals surface area contributed by atoms with Crippen LogP contribution in [0.2, 0.25) is 0 Å². The zero-order valence-electron chi connectivity index (χ0n) is 15.0. The molecule has 0 spiro atoms. The highest BCUT2D eigenvalue weighted by Gasteiger charge is 2.49. The summed E-state index contributed by atoms with van der Waals surface area (Å²) in [7, 11) is 0. The highest BCUT2D eigenvalue weighted by atomic mass is 16.6. The quantitative estimate of drug-likeness (QED) is 0.829. The molecule has 1 amide bonds. The van der Waals surface area contributed by atoms with Crippen molar-refractivity contribution in [1.29, 1.82) is 0 Å². The minimum absolute atomic E-state index is 0.108. The molecule has 2 aromatic rings. The van der Waals surface area contributed by atoms with E-state index < -0.39 is 12.2 Å². The van der Waals surface area contributed by atoms with E-state index in [2.05, 4.69) is 20.6 Å².